The van der Waals surface area contributed by atoms with Crippen molar-refractivity contribution in [2.75, 3.05) is 6.54 Å². The van der Waals surface area contributed by atoms with Crippen molar-refractivity contribution in [3.05, 3.63) is 36.2 Å². The Kier molecular flexibility index (Phi) is 3.31. The van der Waals surface area contributed by atoms with E-state index in [2.05, 4.69) is 35.3 Å². The zero-order valence-corrected chi connectivity index (χ0v) is 9.43. The molecule has 1 aromatic heterocycles. The van der Waals surface area contributed by atoms with Gasteiger partial charge in [-0.2, -0.15) is 0 Å². The first-order valence-corrected chi connectivity index (χ1v) is 5.52. The highest BCUT2D eigenvalue weighted by atomic mass is 15.3. The summed E-state index contributed by atoms with van der Waals surface area (Å²) in [6, 6.07) is 8.30. The van der Waals surface area contributed by atoms with Gasteiger partial charge in [-0.25, -0.2) is 0 Å². The SMILES string of the molecule is CCn1cnnc1-c1cccc(CCN)c1. The van der Waals surface area contributed by atoms with Crippen molar-refractivity contribution in [2.24, 2.45) is 5.73 Å². The molecule has 0 amide bonds. The van der Waals surface area contributed by atoms with Gasteiger partial charge in [0, 0.05) is 12.1 Å². The molecule has 0 aliphatic heterocycles. The summed E-state index contributed by atoms with van der Waals surface area (Å²) in [6.45, 7) is 3.63. The van der Waals surface area contributed by atoms with Gasteiger partial charge in [0.25, 0.3) is 0 Å². The highest BCUT2D eigenvalue weighted by Crippen LogP contribution is 2.18. The number of nitrogens with zero attached hydrogens (tertiary/aromatic N) is 3. The van der Waals surface area contributed by atoms with Crippen molar-refractivity contribution < 1.29 is 0 Å². The lowest BCUT2D eigenvalue weighted by atomic mass is 10.1. The normalized spacial score (nSPS) is 10.6. The van der Waals surface area contributed by atoms with Gasteiger partial charge in [0.15, 0.2) is 5.82 Å². The number of aryl methyl sites for hydroxylation is 1. The molecule has 1 aromatic carbocycles. The quantitative estimate of drug-likeness (QED) is 0.842. The fraction of sp³-hybridized carbons (Fsp3) is 0.333. The lowest BCUT2D eigenvalue weighted by Crippen LogP contribution is -2.03. The van der Waals surface area contributed by atoms with E-state index in [1.807, 2.05) is 10.6 Å². The standard InChI is InChI=1S/C12H16N4/c1-2-16-9-14-15-12(16)11-5-3-4-10(8-11)6-7-13/h3-5,8-9H,2,6-7,13H2,1H3. The molecule has 2 rings (SSSR count). The van der Waals surface area contributed by atoms with Gasteiger partial charge in [-0.15, -0.1) is 10.2 Å². The molecule has 0 saturated carbocycles. The topological polar surface area (TPSA) is 56.7 Å². The summed E-state index contributed by atoms with van der Waals surface area (Å²) in [6.07, 6.45) is 2.65. The van der Waals surface area contributed by atoms with Crippen LogP contribution >= 0.6 is 0 Å². The molecule has 0 spiro atoms. The summed E-state index contributed by atoms with van der Waals surface area (Å²) in [4.78, 5) is 0. The number of nitrogens with two attached hydrogens (primary N) is 1. The Morgan fingerprint density at radius 1 is 1.38 bits per heavy atom. The average Bonchev–Trinajstić information content (AvgIpc) is 2.78. The van der Waals surface area contributed by atoms with E-state index in [9.17, 15) is 0 Å². The fourth-order valence-corrected chi connectivity index (χ4v) is 1.74. The predicted octanol–water partition coefficient (Wildman–Crippen LogP) is 1.47. The zero-order valence-electron chi connectivity index (χ0n) is 9.43. The van der Waals surface area contributed by atoms with Crippen molar-refractivity contribution in [1.82, 2.24) is 14.8 Å². The van der Waals surface area contributed by atoms with Gasteiger partial charge in [0.2, 0.25) is 0 Å². The monoisotopic (exact) mass is 216 g/mol. The maximum atomic E-state index is 5.55. The van der Waals surface area contributed by atoms with E-state index in [1.165, 1.54) is 5.56 Å². The molecule has 16 heavy (non-hydrogen) atoms. The number of benzene rings is 1. The Balaban J connectivity index is 2.36. The van der Waals surface area contributed by atoms with E-state index < -0.39 is 0 Å². The molecule has 2 N–H and O–H groups in total. The predicted molar refractivity (Wildman–Crippen MR) is 63.9 cm³/mol. The molecule has 0 unspecified atom stereocenters. The first-order valence-electron chi connectivity index (χ1n) is 5.52. The Bertz CT molecular complexity index is 462. The molecule has 0 aliphatic rings. The minimum atomic E-state index is 0.671. The van der Waals surface area contributed by atoms with Crippen molar-refractivity contribution >= 4 is 0 Å². The van der Waals surface area contributed by atoms with Crippen LogP contribution in [0.5, 0.6) is 0 Å². The van der Waals surface area contributed by atoms with Crippen LogP contribution in [0.1, 0.15) is 12.5 Å². The maximum absolute atomic E-state index is 5.55. The van der Waals surface area contributed by atoms with Gasteiger partial charge in [-0.3, -0.25) is 0 Å². The summed E-state index contributed by atoms with van der Waals surface area (Å²) >= 11 is 0. The van der Waals surface area contributed by atoms with E-state index >= 15 is 0 Å². The number of rotatable bonds is 4. The van der Waals surface area contributed by atoms with Crippen molar-refractivity contribution in [2.45, 2.75) is 19.9 Å². The molecule has 4 nitrogen and oxygen atoms in total. The highest BCUT2D eigenvalue weighted by molar-refractivity contribution is 5.56. The number of hydrogen-bond acceptors (Lipinski definition) is 3. The van der Waals surface area contributed by atoms with E-state index in [4.69, 9.17) is 5.73 Å². The molecule has 0 saturated heterocycles. The van der Waals surface area contributed by atoms with Crippen LogP contribution in [-0.4, -0.2) is 21.3 Å². The van der Waals surface area contributed by atoms with Crippen molar-refractivity contribution in [3.8, 4) is 11.4 Å². The summed E-state index contributed by atoms with van der Waals surface area (Å²) in [5.41, 5.74) is 7.90. The van der Waals surface area contributed by atoms with Gasteiger partial charge in [0.1, 0.15) is 6.33 Å². The minimum absolute atomic E-state index is 0.671. The van der Waals surface area contributed by atoms with Gasteiger partial charge in [0.05, 0.1) is 0 Å². The van der Waals surface area contributed by atoms with Gasteiger partial charge in [-0.05, 0) is 31.5 Å². The van der Waals surface area contributed by atoms with Crippen LogP contribution in [0.25, 0.3) is 11.4 Å². The van der Waals surface area contributed by atoms with Crippen LogP contribution in [0, 0.1) is 0 Å². The Morgan fingerprint density at radius 2 is 2.25 bits per heavy atom. The minimum Gasteiger partial charge on any atom is -0.330 e. The Hall–Kier alpha value is -1.68. The Morgan fingerprint density at radius 3 is 3.00 bits per heavy atom. The lowest BCUT2D eigenvalue weighted by molar-refractivity contribution is 0.767. The van der Waals surface area contributed by atoms with Crippen LogP contribution in [-0.2, 0) is 13.0 Å². The van der Waals surface area contributed by atoms with Crippen LogP contribution in [0.3, 0.4) is 0 Å². The van der Waals surface area contributed by atoms with Crippen LogP contribution < -0.4 is 5.73 Å². The molecule has 0 aliphatic carbocycles. The average molecular weight is 216 g/mol. The summed E-state index contributed by atoms with van der Waals surface area (Å²) < 4.78 is 2.03. The second-order valence-corrected chi connectivity index (χ2v) is 3.68. The lowest BCUT2D eigenvalue weighted by Gasteiger charge is -2.05. The molecule has 0 fully saturated rings. The van der Waals surface area contributed by atoms with E-state index in [1.54, 1.807) is 6.33 Å². The fourth-order valence-electron chi connectivity index (χ4n) is 1.74. The molecule has 1 heterocycles. The van der Waals surface area contributed by atoms with E-state index in [0.717, 1.165) is 24.4 Å². The first kappa shape index (κ1) is 10.8. The summed E-state index contributed by atoms with van der Waals surface area (Å²) in [7, 11) is 0. The second kappa shape index (κ2) is 4.90. The van der Waals surface area contributed by atoms with E-state index in [0.29, 0.717) is 6.54 Å². The maximum Gasteiger partial charge on any atom is 0.163 e. The molecule has 4 heteroatoms. The highest BCUT2D eigenvalue weighted by Gasteiger charge is 2.05. The van der Waals surface area contributed by atoms with Crippen LogP contribution in [0.15, 0.2) is 30.6 Å². The Labute approximate surface area is 95.1 Å². The molecule has 84 valence electrons. The largest absolute Gasteiger partial charge is 0.330 e. The molecule has 2 aromatic rings. The first-order chi connectivity index (χ1) is 7.85. The molecular formula is C12H16N4. The van der Waals surface area contributed by atoms with Gasteiger partial charge >= 0.3 is 0 Å². The van der Waals surface area contributed by atoms with Crippen molar-refractivity contribution in [1.29, 1.82) is 0 Å². The third-order valence-corrected chi connectivity index (χ3v) is 2.57. The van der Waals surface area contributed by atoms with Crippen LogP contribution in [0.4, 0.5) is 0 Å². The molecule has 0 atom stereocenters. The van der Waals surface area contributed by atoms with E-state index in [-0.39, 0.29) is 0 Å². The summed E-state index contributed by atoms with van der Waals surface area (Å²) in [5.74, 6) is 0.918. The smallest absolute Gasteiger partial charge is 0.163 e. The number of hydrogen-bond donors (Lipinski definition) is 1. The summed E-state index contributed by atoms with van der Waals surface area (Å²) in [5, 5.41) is 8.07. The second-order valence-electron chi connectivity index (χ2n) is 3.68. The van der Waals surface area contributed by atoms with Crippen LogP contribution in [0.2, 0.25) is 0 Å². The van der Waals surface area contributed by atoms with Gasteiger partial charge in [-0.1, -0.05) is 18.2 Å². The number of aromatic nitrogens is 3. The third kappa shape index (κ3) is 2.12. The molecule has 0 bridgehead atoms. The van der Waals surface area contributed by atoms with Crippen molar-refractivity contribution in [3.63, 3.8) is 0 Å². The third-order valence-electron chi connectivity index (χ3n) is 2.57. The molecule has 0 radical (unpaired) electrons. The van der Waals surface area contributed by atoms with Gasteiger partial charge < -0.3 is 10.3 Å². The zero-order chi connectivity index (χ0) is 11.4. The molecular weight excluding hydrogens is 200 g/mol.